The number of hydrogen-bond donors (Lipinski definition) is 1. The van der Waals surface area contributed by atoms with Crippen molar-refractivity contribution >= 4 is 28.6 Å². The number of para-hydroxylation sites is 1. The number of pyridine rings is 1. The number of nitrogens with one attached hydrogen (secondary N) is 1. The van der Waals surface area contributed by atoms with Crippen molar-refractivity contribution in [2.45, 2.75) is 31.6 Å². The van der Waals surface area contributed by atoms with Crippen LogP contribution in [0.25, 0.3) is 10.9 Å². The lowest BCUT2D eigenvalue weighted by molar-refractivity contribution is -0.109. The summed E-state index contributed by atoms with van der Waals surface area (Å²) < 4.78 is 6.13. The zero-order valence-electron chi connectivity index (χ0n) is 20.8. The molecule has 1 saturated heterocycles. The molecule has 1 aliphatic heterocycles. The molecule has 0 unspecified atom stereocenters. The van der Waals surface area contributed by atoms with Crippen LogP contribution in [0.15, 0.2) is 84.9 Å². The predicted molar refractivity (Wildman–Crippen MR) is 146 cm³/mol. The molecule has 4 aromatic rings. The average molecular weight is 480 g/mol. The lowest BCUT2D eigenvalue weighted by atomic mass is 9.71. The summed E-state index contributed by atoms with van der Waals surface area (Å²) in [6.45, 7) is 5.47. The molecule has 0 atom stereocenters. The van der Waals surface area contributed by atoms with Gasteiger partial charge >= 0.3 is 0 Å². The SMILES string of the molecule is Cc1cc(Nc2cccc(OCCN3CCC(CC=O)(c4ccccc4)CC3)c2)c2ccccc2n1. The number of aryl methyl sites for hydroxylation is 1. The zero-order valence-corrected chi connectivity index (χ0v) is 20.8. The maximum Gasteiger partial charge on any atom is 0.121 e. The molecule has 5 nitrogen and oxygen atoms in total. The first-order valence-corrected chi connectivity index (χ1v) is 12.7. The highest BCUT2D eigenvalue weighted by Gasteiger charge is 2.35. The molecule has 0 amide bonds. The van der Waals surface area contributed by atoms with Crippen LogP contribution in [0, 0.1) is 6.92 Å². The minimum atomic E-state index is -0.0319. The minimum absolute atomic E-state index is 0.0319. The van der Waals surface area contributed by atoms with Crippen molar-refractivity contribution in [3.63, 3.8) is 0 Å². The quantitative estimate of drug-likeness (QED) is 0.286. The number of benzene rings is 3. The van der Waals surface area contributed by atoms with Gasteiger partial charge in [-0.05, 0) is 62.7 Å². The highest BCUT2D eigenvalue weighted by molar-refractivity contribution is 5.93. The number of hydrogen-bond acceptors (Lipinski definition) is 5. The molecule has 0 radical (unpaired) electrons. The second kappa shape index (κ2) is 10.9. The van der Waals surface area contributed by atoms with E-state index in [-0.39, 0.29) is 5.41 Å². The van der Waals surface area contributed by atoms with Crippen molar-refractivity contribution in [3.8, 4) is 5.75 Å². The monoisotopic (exact) mass is 479 g/mol. The van der Waals surface area contributed by atoms with Crippen molar-refractivity contribution in [2.24, 2.45) is 0 Å². The number of anilines is 2. The van der Waals surface area contributed by atoms with E-state index in [0.717, 1.165) is 72.5 Å². The molecule has 184 valence electrons. The number of piperidine rings is 1. The van der Waals surface area contributed by atoms with Crippen molar-refractivity contribution in [1.82, 2.24) is 9.88 Å². The summed E-state index contributed by atoms with van der Waals surface area (Å²) in [5.74, 6) is 0.853. The first-order chi connectivity index (χ1) is 17.6. The molecule has 3 aromatic carbocycles. The number of nitrogens with zero attached hydrogens (tertiary/aromatic N) is 2. The van der Waals surface area contributed by atoms with Crippen molar-refractivity contribution in [2.75, 3.05) is 31.6 Å². The van der Waals surface area contributed by atoms with Crippen LogP contribution in [0.5, 0.6) is 5.75 Å². The van der Waals surface area contributed by atoms with E-state index >= 15 is 0 Å². The predicted octanol–water partition coefficient (Wildman–Crippen LogP) is 6.29. The molecule has 0 spiro atoms. The normalized spacial score (nSPS) is 15.5. The largest absolute Gasteiger partial charge is 0.492 e. The van der Waals surface area contributed by atoms with E-state index < -0.39 is 0 Å². The third-order valence-corrected chi connectivity index (χ3v) is 7.31. The number of likely N-dealkylation sites (tertiary alicyclic amines) is 1. The number of rotatable bonds is 9. The van der Waals surface area contributed by atoms with Crippen molar-refractivity contribution in [1.29, 1.82) is 0 Å². The van der Waals surface area contributed by atoms with Crippen LogP contribution in [0.4, 0.5) is 11.4 Å². The van der Waals surface area contributed by atoms with Crippen molar-refractivity contribution in [3.05, 3.63) is 96.2 Å². The third kappa shape index (κ3) is 5.42. The molecule has 0 saturated carbocycles. The number of carbonyl (C=O) groups excluding carboxylic acids is 1. The van der Waals surface area contributed by atoms with E-state index in [4.69, 9.17) is 4.74 Å². The van der Waals surface area contributed by atoms with Crippen LogP contribution in [0.2, 0.25) is 0 Å². The molecular weight excluding hydrogens is 446 g/mol. The van der Waals surface area contributed by atoms with Gasteiger partial charge in [0, 0.05) is 46.9 Å². The standard InChI is InChI=1S/C31H33N3O2/c1-24-22-30(28-12-5-6-13-29(28)32-24)33-26-10-7-11-27(23-26)36-21-19-34-17-14-31(15-18-34,16-20-35)25-8-3-2-4-9-25/h2-13,20,22-23H,14-19,21H2,1H3,(H,32,33). The minimum Gasteiger partial charge on any atom is -0.492 e. The highest BCUT2D eigenvalue weighted by Crippen LogP contribution is 2.38. The second-order valence-corrected chi connectivity index (χ2v) is 9.69. The molecule has 5 heteroatoms. The molecule has 1 aliphatic rings. The van der Waals surface area contributed by atoms with Crippen LogP contribution >= 0.6 is 0 Å². The van der Waals surface area contributed by atoms with Crippen LogP contribution < -0.4 is 10.1 Å². The Balaban J connectivity index is 1.17. The Morgan fingerprint density at radius 1 is 0.972 bits per heavy atom. The van der Waals surface area contributed by atoms with Gasteiger partial charge in [0.15, 0.2) is 0 Å². The molecule has 2 heterocycles. The summed E-state index contributed by atoms with van der Waals surface area (Å²) in [6, 6.07) is 28.9. The number of fused-ring (bicyclic) bond motifs is 1. The molecule has 0 bridgehead atoms. The van der Waals surface area contributed by atoms with Crippen LogP contribution in [-0.2, 0) is 10.2 Å². The van der Waals surface area contributed by atoms with E-state index in [1.165, 1.54) is 5.56 Å². The van der Waals surface area contributed by atoms with Gasteiger partial charge in [-0.15, -0.1) is 0 Å². The fourth-order valence-electron chi connectivity index (χ4n) is 5.29. The van der Waals surface area contributed by atoms with E-state index in [2.05, 4.69) is 57.7 Å². The smallest absolute Gasteiger partial charge is 0.121 e. The van der Waals surface area contributed by atoms with E-state index in [1.54, 1.807) is 0 Å². The molecule has 1 fully saturated rings. The first kappa shape index (κ1) is 24.0. The van der Waals surface area contributed by atoms with Crippen molar-refractivity contribution < 1.29 is 9.53 Å². The summed E-state index contributed by atoms with van der Waals surface area (Å²) in [5, 5.41) is 4.64. The second-order valence-electron chi connectivity index (χ2n) is 9.69. The molecule has 5 rings (SSSR count). The van der Waals surface area contributed by atoms with E-state index in [1.807, 2.05) is 49.4 Å². The van der Waals surface area contributed by atoms with Gasteiger partial charge in [-0.25, -0.2) is 0 Å². The summed E-state index contributed by atoms with van der Waals surface area (Å²) in [4.78, 5) is 18.5. The van der Waals surface area contributed by atoms with Gasteiger partial charge in [0.2, 0.25) is 0 Å². The lowest BCUT2D eigenvalue weighted by Crippen LogP contribution is -2.44. The summed E-state index contributed by atoms with van der Waals surface area (Å²) in [7, 11) is 0. The summed E-state index contributed by atoms with van der Waals surface area (Å²) in [6.07, 6.45) is 3.67. The molecule has 36 heavy (non-hydrogen) atoms. The average Bonchev–Trinajstić information content (AvgIpc) is 2.91. The Morgan fingerprint density at radius 2 is 1.75 bits per heavy atom. The molecular formula is C31H33N3O2. The summed E-state index contributed by atoms with van der Waals surface area (Å²) >= 11 is 0. The van der Waals surface area contributed by atoms with Crippen LogP contribution in [0.3, 0.4) is 0 Å². The van der Waals surface area contributed by atoms with Gasteiger partial charge < -0.3 is 14.8 Å². The zero-order chi connectivity index (χ0) is 24.8. The van der Waals surface area contributed by atoms with Gasteiger partial charge in [0.25, 0.3) is 0 Å². The Morgan fingerprint density at radius 3 is 2.56 bits per heavy atom. The maximum atomic E-state index is 11.4. The Bertz CT molecular complexity index is 1310. The van der Waals surface area contributed by atoms with Gasteiger partial charge in [-0.3, -0.25) is 9.88 Å². The molecule has 0 aliphatic carbocycles. The lowest BCUT2D eigenvalue weighted by Gasteiger charge is -2.41. The Labute approximate surface area is 213 Å². The Hall–Kier alpha value is -3.70. The van der Waals surface area contributed by atoms with Crippen LogP contribution in [-0.4, -0.2) is 42.4 Å². The van der Waals surface area contributed by atoms with E-state index in [9.17, 15) is 4.79 Å². The molecule has 1 aromatic heterocycles. The number of carbonyl (C=O) groups is 1. The topological polar surface area (TPSA) is 54.5 Å². The Kier molecular flexibility index (Phi) is 7.28. The fourth-order valence-corrected chi connectivity index (χ4v) is 5.29. The summed E-state index contributed by atoms with van der Waals surface area (Å²) in [5.41, 5.74) is 5.25. The van der Waals surface area contributed by atoms with Gasteiger partial charge in [-0.1, -0.05) is 54.6 Å². The molecule has 1 N–H and O–H groups in total. The number of aldehydes is 1. The highest BCUT2D eigenvalue weighted by atomic mass is 16.5. The maximum absolute atomic E-state index is 11.4. The van der Waals surface area contributed by atoms with E-state index in [0.29, 0.717) is 13.0 Å². The first-order valence-electron chi connectivity index (χ1n) is 12.7. The fraction of sp³-hybridized carbons (Fsp3) is 0.290. The number of ether oxygens (including phenoxy) is 1. The van der Waals surface area contributed by atoms with Gasteiger partial charge in [0.1, 0.15) is 18.6 Å². The van der Waals surface area contributed by atoms with Gasteiger partial charge in [0.05, 0.1) is 5.52 Å². The third-order valence-electron chi connectivity index (χ3n) is 7.31. The number of aromatic nitrogens is 1. The van der Waals surface area contributed by atoms with Crippen LogP contribution in [0.1, 0.15) is 30.5 Å². The van der Waals surface area contributed by atoms with Gasteiger partial charge in [-0.2, -0.15) is 0 Å².